The Hall–Kier alpha value is -2.41. The summed E-state index contributed by atoms with van der Waals surface area (Å²) in [5.74, 6) is 1.74. The number of carbonyl (C=O) groups is 1. The van der Waals surface area contributed by atoms with Gasteiger partial charge in [0.25, 0.3) is 0 Å². The number of hydrogen-bond acceptors (Lipinski definition) is 4. The van der Waals surface area contributed by atoms with Gasteiger partial charge in [0.2, 0.25) is 0 Å². The summed E-state index contributed by atoms with van der Waals surface area (Å²) in [6.45, 7) is 2.73. The lowest BCUT2D eigenvalue weighted by atomic mass is 10.1. The number of hydrogen-bond donors (Lipinski definition) is 3. The van der Waals surface area contributed by atoms with Gasteiger partial charge in [0.1, 0.15) is 11.6 Å². The van der Waals surface area contributed by atoms with E-state index in [1.165, 1.54) is 0 Å². The van der Waals surface area contributed by atoms with Crippen LogP contribution in [0.15, 0.2) is 30.3 Å². The minimum atomic E-state index is -0.603. The summed E-state index contributed by atoms with van der Waals surface area (Å²) >= 11 is 0. The highest BCUT2D eigenvalue weighted by Crippen LogP contribution is 2.12. The topological polar surface area (TPSA) is 92.1 Å². The van der Waals surface area contributed by atoms with Gasteiger partial charge in [0.05, 0.1) is 18.7 Å². The quantitative estimate of drug-likeness (QED) is 0.757. The molecule has 24 heavy (non-hydrogen) atoms. The van der Waals surface area contributed by atoms with Crippen molar-refractivity contribution in [2.24, 2.45) is 0 Å². The van der Waals surface area contributed by atoms with Gasteiger partial charge < -0.3 is 15.7 Å². The lowest BCUT2D eigenvalue weighted by molar-refractivity contribution is 0.169. The second-order valence-electron chi connectivity index (χ2n) is 6.19. The van der Waals surface area contributed by atoms with Crippen molar-refractivity contribution in [3.63, 3.8) is 0 Å². The van der Waals surface area contributed by atoms with Gasteiger partial charge in [0, 0.05) is 19.4 Å². The number of fused-ring (bicyclic) bond motifs is 1. The van der Waals surface area contributed by atoms with Gasteiger partial charge in [-0.05, 0) is 18.9 Å². The number of aliphatic hydroxyl groups is 1. The zero-order chi connectivity index (χ0) is 16.9. The molecule has 0 spiro atoms. The smallest absolute Gasteiger partial charge is 0.315 e. The predicted octanol–water partition coefficient (Wildman–Crippen LogP) is 0.804. The molecule has 3 rings (SSSR count). The molecule has 7 heteroatoms. The number of urea groups is 1. The van der Waals surface area contributed by atoms with Crippen LogP contribution in [0.1, 0.15) is 23.6 Å². The Morgan fingerprint density at radius 2 is 2.21 bits per heavy atom. The first-order chi connectivity index (χ1) is 11.6. The first-order valence-corrected chi connectivity index (χ1v) is 8.27. The summed E-state index contributed by atoms with van der Waals surface area (Å²) < 4.78 is 1.86. The molecule has 3 N–H and O–H groups in total. The number of nitrogens with one attached hydrogen (secondary N) is 2. The standard InChI is InChI=1S/C17H23N5O2/c1-12-19-16-8-7-14(11-22(16)21-12)20-17(24)18-10-15(23)9-13-5-3-2-4-6-13/h2-6,14-15,23H,7-11H2,1H3,(H2,18,20,24). The molecule has 0 saturated heterocycles. The molecule has 0 radical (unpaired) electrons. The highest BCUT2D eigenvalue weighted by atomic mass is 16.3. The number of rotatable bonds is 5. The van der Waals surface area contributed by atoms with Crippen molar-refractivity contribution in [1.29, 1.82) is 0 Å². The van der Waals surface area contributed by atoms with Crippen molar-refractivity contribution in [3.8, 4) is 0 Å². The molecule has 0 saturated carbocycles. The van der Waals surface area contributed by atoms with Gasteiger partial charge in [-0.25, -0.2) is 14.5 Å². The molecule has 0 bridgehead atoms. The Bertz CT molecular complexity index is 686. The zero-order valence-corrected chi connectivity index (χ0v) is 13.8. The molecular formula is C17H23N5O2. The van der Waals surface area contributed by atoms with Crippen molar-refractivity contribution in [2.75, 3.05) is 6.54 Å². The van der Waals surface area contributed by atoms with Crippen molar-refractivity contribution in [1.82, 2.24) is 25.4 Å². The fraction of sp³-hybridized carbons (Fsp3) is 0.471. The third kappa shape index (κ3) is 4.32. The molecule has 1 aliphatic heterocycles. The van der Waals surface area contributed by atoms with Crippen LogP contribution >= 0.6 is 0 Å². The van der Waals surface area contributed by atoms with Crippen LogP contribution in [0.2, 0.25) is 0 Å². The van der Waals surface area contributed by atoms with Crippen molar-refractivity contribution in [3.05, 3.63) is 47.5 Å². The largest absolute Gasteiger partial charge is 0.391 e. The average Bonchev–Trinajstić information content (AvgIpc) is 2.93. The molecular weight excluding hydrogens is 306 g/mol. The number of aryl methyl sites for hydroxylation is 2. The highest BCUT2D eigenvalue weighted by Gasteiger charge is 2.22. The maximum absolute atomic E-state index is 12.0. The van der Waals surface area contributed by atoms with Crippen LogP contribution in [0.25, 0.3) is 0 Å². The lowest BCUT2D eigenvalue weighted by Gasteiger charge is -2.24. The predicted molar refractivity (Wildman–Crippen MR) is 89.6 cm³/mol. The summed E-state index contributed by atoms with van der Waals surface area (Å²) in [5, 5.41) is 20.0. The van der Waals surface area contributed by atoms with E-state index in [0.717, 1.165) is 30.1 Å². The maximum atomic E-state index is 12.0. The maximum Gasteiger partial charge on any atom is 0.315 e. The molecule has 1 aliphatic rings. The number of nitrogens with zero attached hydrogens (tertiary/aromatic N) is 3. The average molecular weight is 329 g/mol. The Kier molecular flexibility index (Phi) is 5.10. The summed E-state index contributed by atoms with van der Waals surface area (Å²) in [6, 6.07) is 9.51. The number of amides is 2. The number of aromatic nitrogens is 3. The van der Waals surface area contributed by atoms with Crippen LogP contribution < -0.4 is 10.6 Å². The van der Waals surface area contributed by atoms with Crippen molar-refractivity contribution < 1.29 is 9.90 Å². The van der Waals surface area contributed by atoms with E-state index in [1.807, 2.05) is 41.9 Å². The van der Waals surface area contributed by atoms with Gasteiger partial charge in [-0.2, -0.15) is 5.10 Å². The first-order valence-electron chi connectivity index (χ1n) is 8.27. The molecule has 0 fully saturated rings. The lowest BCUT2D eigenvalue weighted by Crippen LogP contribution is -2.47. The molecule has 2 heterocycles. The van der Waals surface area contributed by atoms with Gasteiger partial charge >= 0.3 is 6.03 Å². The molecule has 2 atom stereocenters. The first kappa shape index (κ1) is 16.4. The summed E-state index contributed by atoms with van der Waals surface area (Å²) in [7, 11) is 0. The van der Waals surface area contributed by atoms with Crippen LogP contribution in [0.5, 0.6) is 0 Å². The fourth-order valence-corrected chi connectivity index (χ4v) is 2.96. The molecule has 7 nitrogen and oxygen atoms in total. The Labute approximate surface area is 141 Å². The zero-order valence-electron chi connectivity index (χ0n) is 13.8. The number of benzene rings is 1. The van der Waals surface area contributed by atoms with E-state index in [0.29, 0.717) is 13.0 Å². The van der Waals surface area contributed by atoms with E-state index in [4.69, 9.17) is 0 Å². The van der Waals surface area contributed by atoms with Gasteiger partial charge in [-0.15, -0.1) is 0 Å². The van der Waals surface area contributed by atoms with Gasteiger partial charge in [0.15, 0.2) is 0 Å². The van der Waals surface area contributed by atoms with E-state index in [-0.39, 0.29) is 18.6 Å². The minimum absolute atomic E-state index is 0.0323. The third-order valence-electron chi connectivity index (χ3n) is 4.11. The van der Waals surface area contributed by atoms with Gasteiger partial charge in [-0.3, -0.25) is 0 Å². The Morgan fingerprint density at radius 3 is 3.00 bits per heavy atom. The molecule has 1 aromatic heterocycles. The minimum Gasteiger partial charge on any atom is -0.391 e. The van der Waals surface area contributed by atoms with Crippen LogP contribution in [-0.2, 0) is 19.4 Å². The number of carbonyl (C=O) groups excluding carboxylic acids is 1. The third-order valence-corrected chi connectivity index (χ3v) is 4.11. The molecule has 0 aliphatic carbocycles. The Morgan fingerprint density at radius 1 is 1.42 bits per heavy atom. The van der Waals surface area contributed by atoms with E-state index >= 15 is 0 Å². The summed E-state index contributed by atoms with van der Waals surface area (Å²) in [6.07, 6.45) is 1.57. The van der Waals surface area contributed by atoms with Crippen LogP contribution in [0.3, 0.4) is 0 Å². The monoisotopic (exact) mass is 329 g/mol. The molecule has 128 valence electrons. The fourth-order valence-electron chi connectivity index (χ4n) is 2.96. The second-order valence-corrected chi connectivity index (χ2v) is 6.19. The van der Waals surface area contributed by atoms with Crippen LogP contribution in [-0.4, -0.2) is 44.6 Å². The normalized spacial score (nSPS) is 17.8. The van der Waals surface area contributed by atoms with Crippen molar-refractivity contribution >= 4 is 6.03 Å². The van der Waals surface area contributed by atoms with E-state index < -0.39 is 6.10 Å². The van der Waals surface area contributed by atoms with Crippen molar-refractivity contribution in [2.45, 2.75) is 44.9 Å². The highest BCUT2D eigenvalue weighted by molar-refractivity contribution is 5.74. The van der Waals surface area contributed by atoms with Crippen LogP contribution in [0.4, 0.5) is 4.79 Å². The van der Waals surface area contributed by atoms with Gasteiger partial charge in [-0.1, -0.05) is 30.3 Å². The molecule has 2 aromatic rings. The Balaban J connectivity index is 1.41. The summed E-state index contributed by atoms with van der Waals surface area (Å²) in [5.41, 5.74) is 1.05. The molecule has 1 aromatic carbocycles. The second kappa shape index (κ2) is 7.44. The summed E-state index contributed by atoms with van der Waals surface area (Å²) in [4.78, 5) is 16.4. The molecule has 2 amide bonds. The number of aliphatic hydroxyl groups excluding tert-OH is 1. The van der Waals surface area contributed by atoms with Crippen LogP contribution in [0, 0.1) is 6.92 Å². The van der Waals surface area contributed by atoms with E-state index in [1.54, 1.807) is 0 Å². The van der Waals surface area contributed by atoms with E-state index in [2.05, 4.69) is 20.7 Å². The van der Waals surface area contributed by atoms with E-state index in [9.17, 15) is 9.90 Å². The SMILES string of the molecule is Cc1nc2n(n1)CC(NC(=O)NCC(O)Cc1ccccc1)CC2. The molecule has 2 unspecified atom stereocenters.